The van der Waals surface area contributed by atoms with E-state index < -0.39 is 23.7 Å². The van der Waals surface area contributed by atoms with Crippen molar-refractivity contribution in [1.82, 2.24) is 15.3 Å². The van der Waals surface area contributed by atoms with E-state index in [1.807, 2.05) is 6.92 Å². The number of unbranched alkanes of at least 4 members (excludes halogenated alkanes) is 1. The molecule has 3 aromatic carbocycles. The number of rotatable bonds is 9. The molecule has 1 amide bonds. The predicted molar refractivity (Wildman–Crippen MR) is 139 cm³/mol. The number of halogens is 2. The summed E-state index contributed by atoms with van der Waals surface area (Å²) in [6, 6.07) is 16.5. The molecule has 0 saturated carbocycles. The molecule has 9 heteroatoms. The van der Waals surface area contributed by atoms with Crippen molar-refractivity contribution >= 4 is 34.5 Å². The Bertz CT molecular complexity index is 1410. The van der Waals surface area contributed by atoms with E-state index in [4.69, 9.17) is 16.3 Å². The summed E-state index contributed by atoms with van der Waals surface area (Å²) < 4.78 is 18.8. The van der Waals surface area contributed by atoms with Crippen LogP contribution in [0.4, 0.5) is 4.39 Å². The molecule has 37 heavy (non-hydrogen) atoms. The van der Waals surface area contributed by atoms with Gasteiger partial charge in [-0.15, -0.1) is 0 Å². The minimum atomic E-state index is -0.725. The first-order valence-corrected chi connectivity index (χ1v) is 12.2. The summed E-state index contributed by atoms with van der Waals surface area (Å²) in [5.41, 5.74) is 2.72. The predicted octanol–water partition coefficient (Wildman–Crippen LogP) is 5.65. The first kappa shape index (κ1) is 26.2. The fourth-order valence-corrected chi connectivity index (χ4v) is 3.82. The normalized spacial score (nSPS) is 11.8. The van der Waals surface area contributed by atoms with Crippen LogP contribution in [0, 0.1) is 5.82 Å². The van der Waals surface area contributed by atoms with E-state index in [0.29, 0.717) is 39.3 Å². The average molecular weight is 522 g/mol. The molecule has 0 aliphatic rings. The molecular weight excluding hydrogens is 497 g/mol. The molecule has 1 unspecified atom stereocenters. The van der Waals surface area contributed by atoms with Gasteiger partial charge in [0.05, 0.1) is 23.7 Å². The first-order valence-electron chi connectivity index (χ1n) is 11.8. The highest BCUT2D eigenvalue weighted by molar-refractivity contribution is 6.30. The molecule has 0 bridgehead atoms. The lowest BCUT2D eigenvalue weighted by atomic mass is 10.1. The van der Waals surface area contributed by atoms with E-state index in [0.717, 1.165) is 6.42 Å². The van der Waals surface area contributed by atoms with Crippen LogP contribution >= 0.6 is 11.6 Å². The zero-order valence-corrected chi connectivity index (χ0v) is 20.8. The third-order valence-corrected chi connectivity index (χ3v) is 5.97. The fraction of sp³-hybridized carbons (Fsp3) is 0.214. The quantitative estimate of drug-likeness (QED) is 0.276. The van der Waals surface area contributed by atoms with Gasteiger partial charge >= 0.3 is 5.97 Å². The number of carbonyl (C=O) groups is 2. The van der Waals surface area contributed by atoms with Crippen molar-refractivity contribution in [3.05, 3.63) is 88.7 Å². The van der Waals surface area contributed by atoms with E-state index >= 15 is 0 Å². The lowest BCUT2D eigenvalue weighted by Crippen LogP contribution is -2.30. The topological polar surface area (TPSA) is 101 Å². The van der Waals surface area contributed by atoms with Gasteiger partial charge in [0, 0.05) is 22.6 Å². The van der Waals surface area contributed by atoms with Crippen molar-refractivity contribution in [3.8, 4) is 17.1 Å². The molecule has 0 saturated heterocycles. The molecule has 1 atom stereocenters. The Morgan fingerprint density at radius 1 is 1.03 bits per heavy atom. The summed E-state index contributed by atoms with van der Waals surface area (Å²) in [6.07, 6.45) is 1.76. The van der Waals surface area contributed by atoms with Gasteiger partial charge in [0.1, 0.15) is 11.5 Å². The monoisotopic (exact) mass is 521 g/mol. The van der Waals surface area contributed by atoms with Crippen molar-refractivity contribution in [2.24, 2.45) is 0 Å². The summed E-state index contributed by atoms with van der Waals surface area (Å²) in [7, 11) is 0. The van der Waals surface area contributed by atoms with Crippen molar-refractivity contribution in [2.45, 2.75) is 32.2 Å². The summed E-state index contributed by atoms with van der Waals surface area (Å²) in [4.78, 5) is 34.5. The molecule has 0 radical (unpaired) electrons. The van der Waals surface area contributed by atoms with Crippen LogP contribution in [-0.2, 0) is 4.79 Å². The number of nitrogens with zero attached hydrogens (tertiary/aromatic N) is 2. The largest absolute Gasteiger partial charge is 0.405 e. The van der Waals surface area contributed by atoms with E-state index in [2.05, 4.69) is 15.3 Å². The van der Waals surface area contributed by atoms with E-state index in [1.165, 1.54) is 30.3 Å². The lowest BCUT2D eigenvalue weighted by Gasteiger charge is -2.17. The maximum Gasteiger partial charge on any atom is 0.312 e. The Hall–Kier alpha value is -3.88. The Morgan fingerprint density at radius 3 is 2.43 bits per heavy atom. The molecule has 0 spiro atoms. The first-order chi connectivity index (χ1) is 17.9. The molecular formula is C28H25ClFN3O4. The van der Waals surface area contributed by atoms with Crippen LogP contribution in [-0.4, -0.2) is 33.6 Å². The number of amides is 1. The molecule has 0 aliphatic carbocycles. The highest BCUT2D eigenvalue weighted by Crippen LogP contribution is 2.30. The summed E-state index contributed by atoms with van der Waals surface area (Å²) in [6.45, 7) is 1.61. The molecule has 1 aromatic heterocycles. The van der Waals surface area contributed by atoms with Gasteiger partial charge in [0.15, 0.2) is 0 Å². The lowest BCUT2D eigenvalue weighted by molar-refractivity contribution is -0.134. The third kappa shape index (κ3) is 6.47. The smallest absolute Gasteiger partial charge is 0.312 e. The average Bonchev–Trinajstić information content (AvgIpc) is 2.91. The highest BCUT2D eigenvalue weighted by Gasteiger charge is 2.19. The molecule has 0 fully saturated rings. The van der Waals surface area contributed by atoms with Gasteiger partial charge in [-0.25, -0.2) is 14.4 Å². The van der Waals surface area contributed by atoms with Gasteiger partial charge in [0.2, 0.25) is 5.88 Å². The van der Waals surface area contributed by atoms with Gasteiger partial charge in [-0.05, 0) is 54.4 Å². The van der Waals surface area contributed by atoms with Crippen LogP contribution in [0.25, 0.3) is 22.3 Å². The van der Waals surface area contributed by atoms with Crippen LogP contribution in [0.2, 0.25) is 5.02 Å². The van der Waals surface area contributed by atoms with Gasteiger partial charge in [-0.1, -0.05) is 49.2 Å². The van der Waals surface area contributed by atoms with Crippen molar-refractivity contribution in [3.63, 3.8) is 0 Å². The van der Waals surface area contributed by atoms with E-state index in [-0.39, 0.29) is 24.5 Å². The number of aliphatic hydroxyl groups excluding tert-OH is 1. The highest BCUT2D eigenvalue weighted by atomic mass is 35.5. The number of ether oxygens (including phenoxy) is 1. The minimum absolute atomic E-state index is 0.0352. The van der Waals surface area contributed by atoms with Gasteiger partial charge in [-0.2, -0.15) is 0 Å². The van der Waals surface area contributed by atoms with Crippen LogP contribution in [0.5, 0.6) is 5.88 Å². The van der Waals surface area contributed by atoms with Crippen molar-refractivity contribution in [1.29, 1.82) is 0 Å². The Balaban J connectivity index is 1.67. The molecule has 4 aromatic rings. The van der Waals surface area contributed by atoms with Gasteiger partial charge < -0.3 is 15.2 Å². The Kier molecular flexibility index (Phi) is 8.43. The maximum absolute atomic E-state index is 13.3. The standard InChI is InChI=1S/C28H25ClFN3O4/c1-2-3-4-25(35)37-28-26(18-5-10-20(29)11-6-18)31-22-14-9-19(15-23(22)33-28)27(36)32-24(16-34)17-7-12-21(30)13-8-17/h5-15,24,34H,2-4,16H2,1H3,(H,32,36). The molecule has 0 aliphatic heterocycles. The number of aliphatic hydroxyl groups is 1. The zero-order valence-electron chi connectivity index (χ0n) is 20.1. The van der Waals surface area contributed by atoms with Crippen LogP contribution < -0.4 is 10.1 Å². The second-order valence-corrected chi connectivity index (χ2v) is 8.86. The number of benzene rings is 3. The number of nitrogens with one attached hydrogen (secondary N) is 1. The number of carbonyl (C=O) groups excluding carboxylic acids is 2. The number of hydrogen-bond acceptors (Lipinski definition) is 6. The summed E-state index contributed by atoms with van der Waals surface area (Å²) >= 11 is 6.02. The second kappa shape index (κ2) is 11.9. The van der Waals surface area contributed by atoms with E-state index in [1.54, 1.807) is 36.4 Å². The zero-order chi connectivity index (χ0) is 26.4. The Labute approximate surface area is 218 Å². The summed E-state index contributed by atoms with van der Waals surface area (Å²) in [5, 5.41) is 13.1. The van der Waals surface area contributed by atoms with Crippen molar-refractivity contribution in [2.75, 3.05) is 6.61 Å². The molecule has 4 rings (SSSR count). The third-order valence-electron chi connectivity index (χ3n) is 5.72. The van der Waals surface area contributed by atoms with Crippen LogP contribution in [0.1, 0.15) is 48.1 Å². The maximum atomic E-state index is 13.3. The molecule has 190 valence electrons. The molecule has 2 N–H and O–H groups in total. The number of esters is 1. The van der Waals surface area contributed by atoms with Crippen LogP contribution in [0.3, 0.4) is 0 Å². The van der Waals surface area contributed by atoms with Crippen molar-refractivity contribution < 1.29 is 23.8 Å². The molecule has 7 nitrogen and oxygen atoms in total. The number of hydrogen-bond donors (Lipinski definition) is 2. The number of fused-ring (bicyclic) bond motifs is 1. The summed E-state index contributed by atoms with van der Waals surface area (Å²) in [5.74, 6) is -1.27. The van der Waals surface area contributed by atoms with Gasteiger partial charge in [-0.3, -0.25) is 9.59 Å². The fourth-order valence-electron chi connectivity index (χ4n) is 3.70. The van der Waals surface area contributed by atoms with Gasteiger partial charge in [0.25, 0.3) is 5.91 Å². The second-order valence-electron chi connectivity index (χ2n) is 8.43. The Morgan fingerprint density at radius 2 is 1.76 bits per heavy atom. The molecule has 1 heterocycles. The van der Waals surface area contributed by atoms with Crippen LogP contribution in [0.15, 0.2) is 66.7 Å². The number of aromatic nitrogens is 2. The SMILES string of the molecule is CCCCC(=O)Oc1nc2cc(C(=O)NC(CO)c3ccc(F)cc3)ccc2nc1-c1ccc(Cl)cc1. The minimum Gasteiger partial charge on any atom is -0.405 e. The van der Waals surface area contributed by atoms with E-state index in [9.17, 15) is 19.1 Å².